The van der Waals surface area contributed by atoms with Crippen LogP contribution in [0.15, 0.2) is 0 Å². The highest BCUT2D eigenvalue weighted by Gasteiger charge is 1.89. The van der Waals surface area contributed by atoms with Crippen LogP contribution in [0.5, 0.6) is 0 Å². The lowest BCUT2D eigenvalue weighted by Gasteiger charge is -1.93. The van der Waals surface area contributed by atoms with Gasteiger partial charge in [-0.25, -0.2) is 0 Å². The maximum absolute atomic E-state index is 4.69. The average molecular weight is 222 g/mol. The molecule has 0 N–H and O–H groups in total. The molecule has 0 unspecified atom stereocenters. The number of hydrogen-bond acceptors (Lipinski definition) is 6. The van der Waals surface area contributed by atoms with Crippen molar-refractivity contribution in [1.82, 2.24) is 0 Å². The molecule has 0 radical (unpaired) electrons. The Morgan fingerprint density at radius 1 is 1.62 bits per heavy atom. The molecule has 0 atom stereocenters. The molecule has 0 aliphatic rings. The third kappa shape index (κ3) is 7.64. The molecular formula is CH2OS6. The SMILES string of the molecule is S=C(S)OSSSS. The summed E-state index contributed by atoms with van der Waals surface area (Å²) in [7, 11) is 2.67. The van der Waals surface area contributed by atoms with Gasteiger partial charge in [0.05, 0.1) is 0 Å². The summed E-state index contributed by atoms with van der Waals surface area (Å²) in [5.41, 5.74) is 0. The minimum atomic E-state index is 0.241. The fourth-order valence-electron chi connectivity index (χ4n) is 0.0554. The van der Waals surface area contributed by atoms with Gasteiger partial charge in [0.2, 0.25) is 4.38 Å². The van der Waals surface area contributed by atoms with Crippen molar-refractivity contribution >= 4 is 71.6 Å². The van der Waals surface area contributed by atoms with Gasteiger partial charge in [0.25, 0.3) is 0 Å². The zero-order valence-electron chi connectivity index (χ0n) is 3.44. The van der Waals surface area contributed by atoms with Gasteiger partial charge < -0.3 is 4.18 Å². The molecule has 0 amide bonds. The van der Waals surface area contributed by atoms with Crippen LogP contribution in [0, 0.1) is 0 Å². The van der Waals surface area contributed by atoms with Crippen molar-refractivity contribution in [3.63, 3.8) is 0 Å². The van der Waals surface area contributed by atoms with Crippen molar-refractivity contribution in [2.24, 2.45) is 0 Å². The Kier molecular flexibility index (Phi) is 8.14. The second-order valence-electron chi connectivity index (χ2n) is 0.560. The van der Waals surface area contributed by atoms with Crippen LogP contribution in [0.4, 0.5) is 0 Å². The van der Waals surface area contributed by atoms with Gasteiger partial charge in [0.1, 0.15) is 11.1 Å². The van der Waals surface area contributed by atoms with E-state index >= 15 is 0 Å². The predicted octanol–water partition coefficient (Wildman–Crippen LogP) is 3.01. The second kappa shape index (κ2) is 6.76. The topological polar surface area (TPSA) is 9.23 Å². The Morgan fingerprint density at radius 3 is 2.62 bits per heavy atom. The second-order valence-corrected chi connectivity index (χ2v) is 6.06. The largest absolute Gasteiger partial charge is 0.395 e. The van der Waals surface area contributed by atoms with E-state index in [1.54, 1.807) is 0 Å². The standard InChI is InChI=1S/CH2OS6/c3-1(4)2-6-8-7-5/h5H,(H,3,4). The van der Waals surface area contributed by atoms with Gasteiger partial charge in [-0.05, 0) is 22.0 Å². The van der Waals surface area contributed by atoms with Gasteiger partial charge in [-0.1, -0.05) is 24.3 Å². The fraction of sp³-hybridized carbons (Fsp3) is 0. The molecule has 0 aromatic rings. The first kappa shape index (κ1) is 9.64. The summed E-state index contributed by atoms with van der Waals surface area (Å²) in [6.45, 7) is 0. The van der Waals surface area contributed by atoms with Crippen LogP contribution < -0.4 is 0 Å². The monoisotopic (exact) mass is 222 g/mol. The molecule has 0 bridgehead atoms. The first-order valence-electron chi connectivity index (χ1n) is 1.31. The highest BCUT2D eigenvalue weighted by atomic mass is 33.7. The van der Waals surface area contributed by atoms with E-state index in [9.17, 15) is 0 Å². The molecule has 8 heavy (non-hydrogen) atoms. The molecule has 0 rings (SSSR count). The van der Waals surface area contributed by atoms with E-state index in [1.165, 1.54) is 19.7 Å². The van der Waals surface area contributed by atoms with Crippen molar-refractivity contribution < 1.29 is 4.18 Å². The molecule has 1 nitrogen and oxygen atoms in total. The van der Waals surface area contributed by atoms with Crippen LogP contribution in [-0.4, -0.2) is 4.38 Å². The Balaban J connectivity index is 2.82. The number of rotatable bonds is 3. The Hall–Kier alpha value is 1.64. The van der Waals surface area contributed by atoms with Gasteiger partial charge in [-0.3, -0.25) is 0 Å². The van der Waals surface area contributed by atoms with Gasteiger partial charge >= 0.3 is 0 Å². The molecule has 0 aromatic heterocycles. The lowest BCUT2D eigenvalue weighted by atomic mass is 11.7. The average Bonchev–Trinajstić information content (AvgIpc) is 1.66. The zero-order valence-corrected chi connectivity index (χ0v) is 8.49. The Morgan fingerprint density at radius 2 is 2.25 bits per heavy atom. The third-order valence-electron chi connectivity index (χ3n) is 0.164. The third-order valence-corrected chi connectivity index (χ3v) is 4.16. The van der Waals surface area contributed by atoms with Crippen molar-refractivity contribution in [1.29, 1.82) is 0 Å². The van der Waals surface area contributed by atoms with Crippen LogP contribution in [0.1, 0.15) is 0 Å². The number of hydrogen-bond donors (Lipinski definition) is 2. The van der Waals surface area contributed by atoms with Gasteiger partial charge in [-0.2, -0.15) is 0 Å². The van der Waals surface area contributed by atoms with E-state index in [2.05, 4.69) is 40.7 Å². The predicted molar refractivity (Wildman–Crippen MR) is 54.4 cm³/mol. The lowest BCUT2D eigenvalue weighted by Crippen LogP contribution is -1.76. The minimum Gasteiger partial charge on any atom is -0.395 e. The highest BCUT2D eigenvalue weighted by molar-refractivity contribution is 9.23. The van der Waals surface area contributed by atoms with Crippen molar-refractivity contribution in [3.05, 3.63) is 0 Å². The smallest absolute Gasteiger partial charge is 0.233 e. The van der Waals surface area contributed by atoms with Crippen molar-refractivity contribution in [2.45, 2.75) is 0 Å². The minimum absolute atomic E-state index is 0.241. The van der Waals surface area contributed by atoms with Crippen molar-refractivity contribution in [3.8, 4) is 0 Å². The van der Waals surface area contributed by atoms with Crippen LogP contribution in [-0.2, 0) is 4.18 Å². The summed E-state index contributed by atoms with van der Waals surface area (Å²) in [6.07, 6.45) is 0. The number of thiocarbonyl (C=S) groups is 1. The molecule has 0 saturated carbocycles. The Bertz CT molecular complexity index is 70.9. The highest BCUT2D eigenvalue weighted by Crippen LogP contribution is 2.37. The van der Waals surface area contributed by atoms with E-state index in [4.69, 9.17) is 0 Å². The summed E-state index contributed by atoms with van der Waals surface area (Å²) in [6, 6.07) is 0. The molecule has 0 fully saturated rings. The lowest BCUT2D eigenvalue weighted by molar-refractivity contribution is 0.693. The summed E-state index contributed by atoms with van der Waals surface area (Å²) < 4.78 is 4.93. The maximum Gasteiger partial charge on any atom is 0.233 e. The van der Waals surface area contributed by atoms with Gasteiger partial charge in [0, 0.05) is 9.83 Å². The quantitative estimate of drug-likeness (QED) is 0.249. The van der Waals surface area contributed by atoms with Gasteiger partial charge in [0.15, 0.2) is 0 Å². The molecule has 0 aromatic carbocycles. The molecule has 0 aliphatic heterocycles. The molecular weight excluding hydrogens is 220 g/mol. The zero-order chi connectivity index (χ0) is 6.41. The van der Waals surface area contributed by atoms with Gasteiger partial charge in [-0.15, -0.1) is 0 Å². The molecule has 0 spiro atoms. The molecule has 48 valence electrons. The summed E-state index contributed by atoms with van der Waals surface area (Å²) in [4.78, 5) is 0. The molecule has 0 heterocycles. The van der Waals surface area contributed by atoms with Crippen LogP contribution in [0.2, 0.25) is 0 Å². The van der Waals surface area contributed by atoms with Crippen LogP contribution >= 0.6 is 67.2 Å². The molecule has 7 heteroatoms. The summed E-state index contributed by atoms with van der Waals surface area (Å²) in [5.74, 6) is 0. The van der Waals surface area contributed by atoms with E-state index in [1.807, 2.05) is 0 Å². The fourth-order valence-corrected chi connectivity index (χ4v) is 2.17. The van der Waals surface area contributed by atoms with E-state index in [0.29, 0.717) is 0 Å². The summed E-state index contributed by atoms with van der Waals surface area (Å²) >= 11 is 13.2. The maximum atomic E-state index is 4.69. The van der Waals surface area contributed by atoms with E-state index in [0.717, 1.165) is 11.1 Å². The van der Waals surface area contributed by atoms with Crippen LogP contribution in [0.3, 0.4) is 0 Å². The van der Waals surface area contributed by atoms with Crippen LogP contribution in [0.25, 0.3) is 0 Å². The number of thiol groups is 2. The van der Waals surface area contributed by atoms with E-state index < -0.39 is 0 Å². The first-order valence-corrected chi connectivity index (χ1v) is 6.63. The molecule has 0 saturated heterocycles. The van der Waals surface area contributed by atoms with E-state index in [-0.39, 0.29) is 4.38 Å². The van der Waals surface area contributed by atoms with Crippen molar-refractivity contribution in [2.75, 3.05) is 0 Å². The Labute approximate surface area is 75.3 Å². The summed E-state index contributed by atoms with van der Waals surface area (Å²) in [5, 5.41) is 0. The first-order chi connectivity index (χ1) is 3.77. The molecule has 0 aliphatic carbocycles. The normalized spacial score (nSPS) is 8.75.